The SMILES string of the molecule is Cc1cc(NC(=O)CNCC2CC2)ccc1F. The maximum atomic E-state index is 13.0. The van der Waals surface area contributed by atoms with E-state index < -0.39 is 0 Å². The normalized spacial score (nSPS) is 14.7. The third-order valence-electron chi connectivity index (χ3n) is 2.86. The van der Waals surface area contributed by atoms with E-state index in [4.69, 9.17) is 0 Å². The van der Waals surface area contributed by atoms with Gasteiger partial charge >= 0.3 is 0 Å². The van der Waals surface area contributed by atoms with Crippen molar-refractivity contribution in [2.75, 3.05) is 18.4 Å². The van der Waals surface area contributed by atoms with Crippen LogP contribution in [-0.4, -0.2) is 19.0 Å². The Balaban J connectivity index is 1.77. The molecule has 0 spiro atoms. The zero-order valence-electron chi connectivity index (χ0n) is 9.92. The van der Waals surface area contributed by atoms with Crippen molar-refractivity contribution in [3.63, 3.8) is 0 Å². The lowest BCUT2D eigenvalue weighted by Crippen LogP contribution is -2.29. The number of benzene rings is 1. The van der Waals surface area contributed by atoms with E-state index in [2.05, 4.69) is 10.6 Å². The van der Waals surface area contributed by atoms with Crippen molar-refractivity contribution in [1.82, 2.24) is 5.32 Å². The quantitative estimate of drug-likeness (QED) is 0.821. The molecule has 17 heavy (non-hydrogen) atoms. The fraction of sp³-hybridized carbons (Fsp3) is 0.462. The van der Waals surface area contributed by atoms with E-state index in [0.717, 1.165) is 12.5 Å². The Kier molecular flexibility index (Phi) is 3.74. The van der Waals surface area contributed by atoms with Gasteiger partial charge < -0.3 is 10.6 Å². The predicted octanol–water partition coefficient (Wildman–Crippen LogP) is 2.07. The van der Waals surface area contributed by atoms with Crippen LogP contribution in [0.4, 0.5) is 10.1 Å². The molecule has 0 saturated heterocycles. The number of aryl methyl sites for hydroxylation is 1. The number of halogens is 1. The first kappa shape index (κ1) is 12.0. The van der Waals surface area contributed by atoms with Crippen molar-refractivity contribution in [2.45, 2.75) is 19.8 Å². The van der Waals surface area contributed by atoms with Gasteiger partial charge in [-0.15, -0.1) is 0 Å². The van der Waals surface area contributed by atoms with Gasteiger partial charge in [0, 0.05) is 5.69 Å². The molecule has 2 rings (SSSR count). The highest BCUT2D eigenvalue weighted by molar-refractivity contribution is 5.92. The first-order valence-corrected chi connectivity index (χ1v) is 5.92. The van der Waals surface area contributed by atoms with Crippen LogP contribution in [0.2, 0.25) is 0 Å². The van der Waals surface area contributed by atoms with Crippen molar-refractivity contribution >= 4 is 11.6 Å². The van der Waals surface area contributed by atoms with Crippen LogP contribution in [0, 0.1) is 18.7 Å². The van der Waals surface area contributed by atoms with Gasteiger partial charge in [-0.2, -0.15) is 0 Å². The molecule has 0 aliphatic heterocycles. The second-order valence-electron chi connectivity index (χ2n) is 4.59. The third-order valence-corrected chi connectivity index (χ3v) is 2.86. The van der Waals surface area contributed by atoms with Crippen LogP contribution >= 0.6 is 0 Å². The summed E-state index contributed by atoms with van der Waals surface area (Å²) < 4.78 is 13.0. The van der Waals surface area contributed by atoms with Gasteiger partial charge in [0.15, 0.2) is 0 Å². The first-order chi connectivity index (χ1) is 8.15. The second-order valence-corrected chi connectivity index (χ2v) is 4.59. The number of carbonyl (C=O) groups excluding carboxylic acids is 1. The minimum absolute atomic E-state index is 0.0864. The Hall–Kier alpha value is -1.42. The Morgan fingerprint density at radius 1 is 1.47 bits per heavy atom. The van der Waals surface area contributed by atoms with Gasteiger partial charge in [0.25, 0.3) is 0 Å². The molecular formula is C13H17FN2O. The molecule has 1 aromatic rings. The van der Waals surface area contributed by atoms with E-state index in [1.807, 2.05) is 0 Å². The first-order valence-electron chi connectivity index (χ1n) is 5.92. The summed E-state index contributed by atoms with van der Waals surface area (Å²) in [6, 6.07) is 4.57. The molecule has 0 aromatic heterocycles. The number of hydrogen-bond donors (Lipinski definition) is 2. The van der Waals surface area contributed by atoms with E-state index in [1.54, 1.807) is 19.1 Å². The van der Waals surface area contributed by atoms with Crippen LogP contribution in [0.1, 0.15) is 18.4 Å². The van der Waals surface area contributed by atoms with Gasteiger partial charge in [-0.05, 0) is 56.0 Å². The van der Waals surface area contributed by atoms with E-state index in [9.17, 15) is 9.18 Å². The van der Waals surface area contributed by atoms with Gasteiger partial charge in [-0.3, -0.25) is 4.79 Å². The van der Waals surface area contributed by atoms with Crippen LogP contribution in [0.5, 0.6) is 0 Å². The Bertz CT molecular complexity index is 416. The van der Waals surface area contributed by atoms with Crippen LogP contribution in [0.15, 0.2) is 18.2 Å². The molecule has 2 N–H and O–H groups in total. The van der Waals surface area contributed by atoms with Crippen molar-refractivity contribution in [3.05, 3.63) is 29.6 Å². The number of amides is 1. The molecule has 1 aromatic carbocycles. The molecule has 1 amide bonds. The molecule has 0 radical (unpaired) electrons. The second kappa shape index (κ2) is 5.27. The molecule has 0 heterocycles. The largest absolute Gasteiger partial charge is 0.325 e. The summed E-state index contributed by atoms with van der Waals surface area (Å²) in [7, 11) is 0. The van der Waals surface area contributed by atoms with Gasteiger partial charge in [-0.1, -0.05) is 0 Å². The number of carbonyl (C=O) groups is 1. The molecule has 92 valence electrons. The Labute approximate surface area is 100 Å². The molecule has 0 unspecified atom stereocenters. The summed E-state index contributed by atoms with van der Waals surface area (Å²) in [6.07, 6.45) is 2.54. The highest BCUT2D eigenvalue weighted by Crippen LogP contribution is 2.27. The summed E-state index contributed by atoms with van der Waals surface area (Å²) in [6.45, 7) is 2.90. The fourth-order valence-electron chi connectivity index (χ4n) is 1.64. The third kappa shape index (κ3) is 3.82. The van der Waals surface area contributed by atoms with Crippen LogP contribution in [0.25, 0.3) is 0 Å². The Morgan fingerprint density at radius 3 is 2.88 bits per heavy atom. The van der Waals surface area contributed by atoms with Crippen LogP contribution in [0.3, 0.4) is 0 Å². The molecule has 1 aliphatic carbocycles. The smallest absolute Gasteiger partial charge is 0.238 e. The summed E-state index contributed by atoms with van der Waals surface area (Å²) in [5.74, 6) is 0.419. The van der Waals surface area contributed by atoms with E-state index in [-0.39, 0.29) is 11.7 Å². The van der Waals surface area contributed by atoms with Crippen molar-refractivity contribution < 1.29 is 9.18 Å². The van der Waals surface area contributed by atoms with Gasteiger partial charge in [0.1, 0.15) is 5.82 Å². The monoisotopic (exact) mass is 236 g/mol. The highest BCUT2D eigenvalue weighted by Gasteiger charge is 2.20. The number of nitrogens with one attached hydrogen (secondary N) is 2. The zero-order chi connectivity index (χ0) is 12.3. The minimum atomic E-state index is -0.255. The minimum Gasteiger partial charge on any atom is -0.325 e. The molecule has 1 saturated carbocycles. The summed E-state index contributed by atoms with van der Waals surface area (Å²) >= 11 is 0. The fourth-order valence-corrected chi connectivity index (χ4v) is 1.64. The van der Waals surface area contributed by atoms with E-state index in [0.29, 0.717) is 17.8 Å². The van der Waals surface area contributed by atoms with Crippen molar-refractivity contribution in [2.24, 2.45) is 5.92 Å². The molecular weight excluding hydrogens is 219 g/mol. The standard InChI is InChI=1S/C13H17FN2O/c1-9-6-11(4-5-12(9)14)16-13(17)8-15-7-10-2-3-10/h4-6,10,15H,2-3,7-8H2,1H3,(H,16,17). The molecule has 3 nitrogen and oxygen atoms in total. The van der Waals surface area contributed by atoms with Gasteiger partial charge in [-0.25, -0.2) is 4.39 Å². The Morgan fingerprint density at radius 2 is 2.24 bits per heavy atom. The number of anilines is 1. The number of rotatable bonds is 5. The maximum absolute atomic E-state index is 13.0. The molecule has 1 fully saturated rings. The van der Waals surface area contributed by atoms with Crippen LogP contribution < -0.4 is 10.6 Å². The van der Waals surface area contributed by atoms with Crippen molar-refractivity contribution in [1.29, 1.82) is 0 Å². The lowest BCUT2D eigenvalue weighted by atomic mass is 10.2. The van der Waals surface area contributed by atoms with Crippen molar-refractivity contribution in [3.8, 4) is 0 Å². The summed E-state index contributed by atoms with van der Waals surface area (Å²) in [5, 5.41) is 5.84. The average Bonchev–Trinajstić information content (AvgIpc) is 3.07. The zero-order valence-corrected chi connectivity index (χ0v) is 9.92. The summed E-state index contributed by atoms with van der Waals surface area (Å²) in [4.78, 5) is 11.5. The lowest BCUT2D eigenvalue weighted by Gasteiger charge is -2.07. The predicted molar refractivity (Wildman–Crippen MR) is 65.4 cm³/mol. The number of hydrogen-bond acceptors (Lipinski definition) is 2. The molecule has 0 bridgehead atoms. The van der Waals surface area contributed by atoms with Gasteiger partial charge in [0.05, 0.1) is 6.54 Å². The lowest BCUT2D eigenvalue weighted by molar-refractivity contribution is -0.115. The maximum Gasteiger partial charge on any atom is 0.238 e. The van der Waals surface area contributed by atoms with Crippen LogP contribution in [-0.2, 0) is 4.79 Å². The average molecular weight is 236 g/mol. The highest BCUT2D eigenvalue weighted by atomic mass is 19.1. The van der Waals surface area contributed by atoms with Gasteiger partial charge in [0.2, 0.25) is 5.91 Å². The molecule has 0 atom stereocenters. The molecule has 4 heteroatoms. The topological polar surface area (TPSA) is 41.1 Å². The molecule has 1 aliphatic rings. The van der Waals surface area contributed by atoms with E-state index in [1.165, 1.54) is 18.9 Å². The summed E-state index contributed by atoms with van der Waals surface area (Å²) in [5.41, 5.74) is 1.18. The van der Waals surface area contributed by atoms with E-state index >= 15 is 0 Å².